The quantitative estimate of drug-likeness (QED) is 0.875. The van der Waals surface area contributed by atoms with E-state index < -0.39 is 0 Å². The van der Waals surface area contributed by atoms with Gasteiger partial charge in [0.15, 0.2) is 11.4 Å². The smallest absolute Gasteiger partial charge is 0.169 e. The number of furan rings is 1. The van der Waals surface area contributed by atoms with Crippen LogP contribution in [0.2, 0.25) is 0 Å². The second-order valence-corrected chi connectivity index (χ2v) is 5.54. The molecule has 2 heterocycles. The minimum atomic E-state index is -0.261. The Morgan fingerprint density at radius 3 is 2.89 bits per heavy atom. The van der Waals surface area contributed by atoms with Crippen molar-refractivity contribution in [1.29, 1.82) is 0 Å². The maximum Gasteiger partial charge on any atom is 0.169 e. The van der Waals surface area contributed by atoms with Gasteiger partial charge >= 0.3 is 0 Å². The number of rotatable bonds is 2. The van der Waals surface area contributed by atoms with Crippen molar-refractivity contribution in [2.45, 2.75) is 31.2 Å². The molecule has 0 amide bonds. The van der Waals surface area contributed by atoms with Crippen LogP contribution in [0.15, 0.2) is 28.7 Å². The molecule has 2 nitrogen and oxygen atoms in total. The lowest BCUT2D eigenvalue weighted by Crippen LogP contribution is -2.38. The van der Waals surface area contributed by atoms with Crippen LogP contribution in [-0.2, 0) is 5.54 Å². The van der Waals surface area contributed by atoms with Gasteiger partial charge in [-0.2, -0.15) is 0 Å². The van der Waals surface area contributed by atoms with Gasteiger partial charge in [-0.05, 0) is 50.3 Å². The van der Waals surface area contributed by atoms with Crippen molar-refractivity contribution in [3.8, 4) is 0 Å². The minimum absolute atomic E-state index is 0.0224. The van der Waals surface area contributed by atoms with Crippen molar-refractivity contribution >= 4 is 11.0 Å². The number of para-hydroxylation sites is 1. The first kappa shape index (κ1) is 10.6. The highest BCUT2D eigenvalue weighted by atomic mass is 19.1. The van der Waals surface area contributed by atoms with Crippen molar-refractivity contribution in [3.05, 3.63) is 35.8 Å². The average molecular weight is 245 g/mol. The van der Waals surface area contributed by atoms with E-state index in [-0.39, 0.29) is 11.4 Å². The third kappa shape index (κ3) is 1.37. The average Bonchev–Trinajstić information content (AvgIpc) is 2.94. The van der Waals surface area contributed by atoms with Crippen LogP contribution in [0, 0.1) is 11.7 Å². The number of nitrogens with one attached hydrogen (secondary N) is 1. The molecule has 2 fully saturated rings. The van der Waals surface area contributed by atoms with E-state index in [1.54, 1.807) is 6.07 Å². The summed E-state index contributed by atoms with van der Waals surface area (Å²) >= 11 is 0. The van der Waals surface area contributed by atoms with Gasteiger partial charge in [-0.15, -0.1) is 0 Å². The molecule has 4 rings (SSSR count). The van der Waals surface area contributed by atoms with Crippen LogP contribution in [0.3, 0.4) is 0 Å². The van der Waals surface area contributed by atoms with Crippen LogP contribution < -0.4 is 5.32 Å². The van der Waals surface area contributed by atoms with Crippen molar-refractivity contribution in [2.75, 3.05) is 6.54 Å². The summed E-state index contributed by atoms with van der Waals surface area (Å²) in [6.45, 7) is 1.04. The Hall–Kier alpha value is -1.35. The van der Waals surface area contributed by atoms with Crippen LogP contribution in [-0.4, -0.2) is 6.54 Å². The zero-order valence-electron chi connectivity index (χ0n) is 10.2. The molecule has 2 aliphatic rings. The van der Waals surface area contributed by atoms with E-state index in [0.717, 1.165) is 24.1 Å². The first-order valence-electron chi connectivity index (χ1n) is 6.73. The predicted octanol–water partition coefficient (Wildman–Crippen LogP) is 3.56. The van der Waals surface area contributed by atoms with Gasteiger partial charge in [-0.3, -0.25) is 0 Å². The zero-order chi connectivity index (χ0) is 12.2. The van der Waals surface area contributed by atoms with Gasteiger partial charge in [-0.25, -0.2) is 4.39 Å². The Balaban J connectivity index is 1.88. The zero-order valence-corrected chi connectivity index (χ0v) is 10.2. The summed E-state index contributed by atoms with van der Waals surface area (Å²) in [7, 11) is 0. The molecule has 3 heteroatoms. The Labute approximate surface area is 105 Å². The lowest BCUT2D eigenvalue weighted by molar-refractivity contribution is 0.274. The summed E-state index contributed by atoms with van der Waals surface area (Å²) < 4.78 is 19.6. The number of halogens is 1. The molecule has 0 spiro atoms. The summed E-state index contributed by atoms with van der Waals surface area (Å²) in [5.41, 5.74) is 0.382. The Morgan fingerprint density at radius 1 is 1.33 bits per heavy atom. The Bertz CT molecular complexity index is 594. The van der Waals surface area contributed by atoms with Gasteiger partial charge in [0.05, 0.1) is 5.54 Å². The molecular formula is C15H16FNO. The number of fused-ring (bicyclic) bond motifs is 1. The second-order valence-electron chi connectivity index (χ2n) is 5.54. The fourth-order valence-electron chi connectivity index (χ4n) is 3.35. The largest absolute Gasteiger partial charge is 0.456 e. The molecule has 1 saturated carbocycles. The molecule has 1 aliphatic heterocycles. The fourth-order valence-corrected chi connectivity index (χ4v) is 3.35. The van der Waals surface area contributed by atoms with Gasteiger partial charge in [0, 0.05) is 5.39 Å². The van der Waals surface area contributed by atoms with Crippen molar-refractivity contribution in [3.63, 3.8) is 0 Å². The van der Waals surface area contributed by atoms with Crippen LogP contribution in [0.5, 0.6) is 0 Å². The lowest BCUT2D eigenvalue weighted by atomic mass is 9.88. The van der Waals surface area contributed by atoms with E-state index in [1.807, 2.05) is 12.1 Å². The minimum Gasteiger partial charge on any atom is -0.456 e. The van der Waals surface area contributed by atoms with Crippen LogP contribution in [0.4, 0.5) is 4.39 Å². The van der Waals surface area contributed by atoms with E-state index >= 15 is 0 Å². The van der Waals surface area contributed by atoms with E-state index in [1.165, 1.54) is 25.3 Å². The number of hydrogen-bond donors (Lipinski definition) is 1. The summed E-state index contributed by atoms with van der Waals surface area (Å²) in [5, 5.41) is 4.49. The first-order valence-corrected chi connectivity index (χ1v) is 6.73. The van der Waals surface area contributed by atoms with E-state index in [0.29, 0.717) is 11.5 Å². The maximum atomic E-state index is 13.7. The molecule has 94 valence electrons. The highest BCUT2D eigenvalue weighted by Crippen LogP contribution is 2.51. The van der Waals surface area contributed by atoms with Gasteiger partial charge in [0.2, 0.25) is 0 Å². The van der Waals surface area contributed by atoms with E-state index in [4.69, 9.17) is 4.42 Å². The highest BCUT2D eigenvalue weighted by molar-refractivity contribution is 5.78. The van der Waals surface area contributed by atoms with Crippen LogP contribution in [0.25, 0.3) is 11.0 Å². The SMILES string of the molecule is Fc1cccc2cc(C3(C4CC4)CCCN3)oc12. The monoisotopic (exact) mass is 245 g/mol. The fraction of sp³-hybridized carbons (Fsp3) is 0.467. The molecule has 1 atom stereocenters. The van der Waals surface area contributed by atoms with Crippen LogP contribution >= 0.6 is 0 Å². The molecule has 1 N–H and O–H groups in total. The van der Waals surface area contributed by atoms with Crippen molar-refractivity contribution < 1.29 is 8.81 Å². The molecule has 1 aromatic heterocycles. The molecule has 1 aliphatic carbocycles. The Morgan fingerprint density at radius 2 is 2.22 bits per heavy atom. The molecule has 1 aromatic carbocycles. The standard InChI is InChI=1S/C15H16FNO/c16-12-4-1-3-10-9-13(18-14(10)12)15(11-5-6-11)7-2-8-17-15/h1,3-4,9,11,17H,2,5-8H2. The molecule has 1 saturated heterocycles. The molecule has 0 bridgehead atoms. The molecular weight excluding hydrogens is 229 g/mol. The lowest BCUT2D eigenvalue weighted by Gasteiger charge is -2.27. The van der Waals surface area contributed by atoms with E-state index in [9.17, 15) is 4.39 Å². The number of hydrogen-bond acceptors (Lipinski definition) is 2. The Kier molecular flexibility index (Phi) is 2.10. The normalized spacial score (nSPS) is 28.1. The third-order valence-electron chi connectivity index (χ3n) is 4.40. The predicted molar refractivity (Wildman–Crippen MR) is 67.8 cm³/mol. The molecule has 1 unspecified atom stereocenters. The molecule has 0 radical (unpaired) electrons. The van der Waals surface area contributed by atoms with Crippen molar-refractivity contribution in [1.82, 2.24) is 5.32 Å². The summed E-state index contributed by atoms with van der Waals surface area (Å²) in [6.07, 6.45) is 4.80. The van der Waals surface area contributed by atoms with Crippen molar-refractivity contribution in [2.24, 2.45) is 5.92 Å². The highest BCUT2D eigenvalue weighted by Gasteiger charge is 2.50. The third-order valence-corrected chi connectivity index (χ3v) is 4.40. The number of benzene rings is 1. The summed E-state index contributed by atoms with van der Waals surface area (Å²) in [5.74, 6) is 1.34. The second kappa shape index (κ2) is 3.58. The maximum absolute atomic E-state index is 13.7. The van der Waals surface area contributed by atoms with Gasteiger partial charge in [0.1, 0.15) is 5.76 Å². The molecule has 18 heavy (non-hydrogen) atoms. The van der Waals surface area contributed by atoms with E-state index in [2.05, 4.69) is 5.32 Å². The molecule has 2 aromatic rings. The summed E-state index contributed by atoms with van der Waals surface area (Å²) in [6, 6.07) is 7.14. The van der Waals surface area contributed by atoms with Gasteiger partial charge in [0.25, 0.3) is 0 Å². The first-order chi connectivity index (χ1) is 8.79. The van der Waals surface area contributed by atoms with Gasteiger partial charge in [-0.1, -0.05) is 12.1 Å². The summed E-state index contributed by atoms with van der Waals surface area (Å²) in [4.78, 5) is 0. The topological polar surface area (TPSA) is 25.2 Å². The van der Waals surface area contributed by atoms with Crippen LogP contribution in [0.1, 0.15) is 31.4 Å². The van der Waals surface area contributed by atoms with Gasteiger partial charge < -0.3 is 9.73 Å².